The van der Waals surface area contributed by atoms with Gasteiger partial charge in [-0.3, -0.25) is 14.9 Å². The highest BCUT2D eigenvalue weighted by Gasteiger charge is 2.14. The molecule has 0 atom stereocenters. The van der Waals surface area contributed by atoms with Crippen LogP contribution in [0.25, 0.3) is 10.2 Å². The Kier molecular flexibility index (Phi) is 5.25. The number of hydrogen-bond donors (Lipinski definition) is 1. The number of nitrogens with one attached hydrogen (secondary N) is 1. The van der Waals surface area contributed by atoms with E-state index in [0.29, 0.717) is 24.9 Å². The molecule has 0 radical (unpaired) electrons. The first-order valence-corrected chi connectivity index (χ1v) is 8.80. The van der Waals surface area contributed by atoms with Crippen molar-refractivity contribution >= 4 is 50.4 Å². The number of nitrogens with zero attached hydrogens (tertiary/aromatic N) is 2. The fourth-order valence-electron chi connectivity index (χ4n) is 2.38. The molecule has 8 heteroatoms. The van der Waals surface area contributed by atoms with Crippen molar-refractivity contribution in [1.29, 1.82) is 0 Å². The quantitative estimate of drug-likeness (QED) is 0.494. The number of hydrogen-bond acceptors (Lipinski definition) is 5. The summed E-state index contributed by atoms with van der Waals surface area (Å²) < 4.78 is 1.13. The summed E-state index contributed by atoms with van der Waals surface area (Å²) in [6.45, 7) is 0. The molecule has 0 aliphatic rings. The minimum absolute atomic E-state index is 0.0406. The third kappa shape index (κ3) is 4.32. The van der Waals surface area contributed by atoms with Crippen molar-refractivity contribution in [3.63, 3.8) is 0 Å². The molecule has 0 aliphatic heterocycles. The standard InChI is InChI=1S/C17H14ClN3O3S/c18-12-9-8-11(10-14(12)21(23)24)19-16(22)6-3-7-17-20-13-4-1-2-5-15(13)25-17/h1-2,4-5,8-10H,3,6-7H2,(H,19,22). The van der Waals surface area contributed by atoms with Gasteiger partial charge in [-0.25, -0.2) is 4.98 Å². The van der Waals surface area contributed by atoms with Gasteiger partial charge in [0.15, 0.2) is 0 Å². The van der Waals surface area contributed by atoms with Crippen LogP contribution in [0.3, 0.4) is 0 Å². The lowest BCUT2D eigenvalue weighted by Crippen LogP contribution is -2.11. The van der Waals surface area contributed by atoms with Crippen molar-refractivity contribution < 1.29 is 9.72 Å². The SMILES string of the molecule is O=C(CCCc1nc2ccccc2s1)Nc1ccc(Cl)c([N+](=O)[O-])c1. The minimum atomic E-state index is -0.578. The first-order valence-electron chi connectivity index (χ1n) is 7.61. The van der Waals surface area contributed by atoms with Crippen LogP contribution >= 0.6 is 22.9 Å². The van der Waals surface area contributed by atoms with Crippen LogP contribution in [0.1, 0.15) is 17.8 Å². The Labute approximate surface area is 152 Å². The molecule has 2 aromatic carbocycles. The van der Waals surface area contributed by atoms with E-state index in [4.69, 9.17) is 11.6 Å². The second-order valence-electron chi connectivity index (χ2n) is 5.40. The Morgan fingerprint density at radius 2 is 2.08 bits per heavy atom. The normalized spacial score (nSPS) is 10.8. The number of nitro benzene ring substituents is 1. The van der Waals surface area contributed by atoms with E-state index in [1.807, 2.05) is 24.3 Å². The Morgan fingerprint density at radius 3 is 2.84 bits per heavy atom. The average molecular weight is 376 g/mol. The van der Waals surface area contributed by atoms with Crippen molar-refractivity contribution in [2.45, 2.75) is 19.3 Å². The van der Waals surface area contributed by atoms with Crippen LogP contribution in [-0.4, -0.2) is 15.8 Å². The highest BCUT2D eigenvalue weighted by molar-refractivity contribution is 7.18. The maximum Gasteiger partial charge on any atom is 0.289 e. The predicted molar refractivity (Wildman–Crippen MR) is 99.3 cm³/mol. The van der Waals surface area contributed by atoms with E-state index < -0.39 is 4.92 Å². The summed E-state index contributed by atoms with van der Waals surface area (Å²) in [5.74, 6) is -0.197. The molecule has 1 aromatic heterocycles. The van der Waals surface area contributed by atoms with Crippen LogP contribution in [0, 0.1) is 10.1 Å². The fraction of sp³-hybridized carbons (Fsp3) is 0.176. The minimum Gasteiger partial charge on any atom is -0.326 e. The maximum atomic E-state index is 12.0. The van der Waals surface area contributed by atoms with Crippen molar-refractivity contribution in [2.75, 3.05) is 5.32 Å². The summed E-state index contributed by atoms with van der Waals surface area (Å²) in [6.07, 6.45) is 1.68. The second-order valence-corrected chi connectivity index (χ2v) is 6.92. The molecular weight excluding hydrogens is 362 g/mol. The largest absolute Gasteiger partial charge is 0.326 e. The zero-order valence-corrected chi connectivity index (χ0v) is 14.6. The van der Waals surface area contributed by atoms with E-state index in [9.17, 15) is 14.9 Å². The summed E-state index contributed by atoms with van der Waals surface area (Å²) in [6, 6.07) is 12.1. The fourth-order valence-corrected chi connectivity index (χ4v) is 3.58. The number of aromatic nitrogens is 1. The lowest BCUT2D eigenvalue weighted by molar-refractivity contribution is -0.384. The average Bonchev–Trinajstić information content (AvgIpc) is 2.99. The van der Waals surface area contributed by atoms with Crippen molar-refractivity contribution in [1.82, 2.24) is 4.98 Å². The molecule has 0 unspecified atom stereocenters. The number of rotatable bonds is 6. The van der Waals surface area contributed by atoms with Gasteiger partial charge in [0.2, 0.25) is 5.91 Å². The van der Waals surface area contributed by atoms with Crippen LogP contribution < -0.4 is 5.32 Å². The molecular formula is C17H14ClN3O3S. The van der Waals surface area contributed by atoms with Gasteiger partial charge in [0, 0.05) is 18.2 Å². The highest BCUT2D eigenvalue weighted by Crippen LogP contribution is 2.27. The topological polar surface area (TPSA) is 85.1 Å². The number of amides is 1. The molecule has 128 valence electrons. The number of fused-ring (bicyclic) bond motifs is 1. The third-order valence-corrected chi connectivity index (χ3v) is 4.98. The van der Waals surface area contributed by atoms with E-state index in [-0.39, 0.29) is 16.6 Å². The molecule has 0 saturated carbocycles. The maximum absolute atomic E-state index is 12.0. The summed E-state index contributed by atoms with van der Waals surface area (Å²) in [4.78, 5) is 26.8. The second kappa shape index (κ2) is 7.58. The first-order chi connectivity index (χ1) is 12.0. The van der Waals surface area contributed by atoms with Crippen LogP contribution in [0.5, 0.6) is 0 Å². The molecule has 0 aliphatic carbocycles. The van der Waals surface area contributed by atoms with Crippen molar-refractivity contribution in [3.05, 3.63) is 62.6 Å². The van der Waals surface area contributed by atoms with Gasteiger partial charge in [0.05, 0.1) is 20.1 Å². The van der Waals surface area contributed by atoms with Crippen LogP contribution in [0.15, 0.2) is 42.5 Å². The monoisotopic (exact) mass is 375 g/mol. The first kappa shape index (κ1) is 17.3. The molecule has 1 amide bonds. The van der Waals surface area contributed by atoms with Crippen LogP contribution in [0.2, 0.25) is 5.02 Å². The lowest BCUT2D eigenvalue weighted by Gasteiger charge is -2.05. The van der Waals surface area contributed by atoms with Gasteiger partial charge in [0.1, 0.15) is 5.02 Å². The molecule has 3 rings (SSSR count). The molecule has 0 fully saturated rings. The van der Waals surface area contributed by atoms with Gasteiger partial charge < -0.3 is 5.32 Å². The molecule has 1 heterocycles. The van der Waals surface area contributed by atoms with E-state index in [0.717, 1.165) is 15.2 Å². The molecule has 0 saturated heterocycles. The zero-order valence-electron chi connectivity index (χ0n) is 13.1. The van der Waals surface area contributed by atoms with Gasteiger partial charge in [-0.15, -0.1) is 11.3 Å². The smallest absolute Gasteiger partial charge is 0.289 e. The molecule has 25 heavy (non-hydrogen) atoms. The molecule has 0 bridgehead atoms. The van der Waals surface area contributed by atoms with Gasteiger partial charge in [0.25, 0.3) is 5.69 Å². The van der Waals surface area contributed by atoms with E-state index in [1.165, 1.54) is 12.1 Å². The van der Waals surface area contributed by atoms with Crippen molar-refractivity contribution in [3.8, 4) is 0 Å². The Hall–Kier alpha value is -2.51. The Bertz CT molecular complexity index is 909. The number of nitro groups is 1. The number of carbonyl (C=O) groups is 1. The highest BCUT2D eigenvalue weighted by atomic mass is 35.5. The summed E-state index contributed by atoms with van der Waals surface area (Å²) >= 11 is 7.38. The lowest BCUT2D eigenvalue weighted by atomic mass is 10.2. The van der Waals surface area contributed by atoms with E-state index in [1.54, 1.807) is 17.4 Å². The molecule has 1 N–H and O–H groups in total. The van der Waals surface area contributed by atoms with Gasteiger partial charge in [-0.2, -0.15) is 0 Å². The molecule has 3 aromatic rings. The van der Waals surface area contributed by atoms with Gasteiger partial charge in [-0.05, 0) is 37.1 Å². The third-order valence-electron chi connectivity index (χ3n) is 3.56. The molecule has 0 spiro atoms. The summed E-state index contributed by atoms with van der Waals surface area (Å²) in [5.41, 5.74) is 1.11. The number of para-hydroxylation sites is 1. The number of thiazole rings is 1. The van der Waals surface area contributed by atoms with E-state index in [2.05, 4.69) is 10.3 Å². The van der Waals surface area contributed by atoms with Gasteiger partial charge >= 0.3 is 0 Å². The summed E-state index contributed by atoms with van der Waals surface area (Å²) in [5, 5.41) is 14.6. The number of anilines is 1. The number of carbonyl (C=O) groups excluding carboxylic acids is 1. The zero-order chi connectivity index (χ0) is 17.8. The van der Waals surface area contributed by atoms with Crippen LogP contribution in [0.4, 0.5) is 11.4 Å². The number of benzene rings is 2. The number of aryl methyl sites for hydroxylation is 1. The predicted octanol–water partition coefficient (Wildman–Crippen LogP) is 4.82. The van der Waals surface area contributed by atoms with Crippen molar-refractivity contribution in [2.24, 2.45) is 0 Å². The van der Waals surface area contributed by atoms with Crippen LogP contribution in [-0.2, 0) is 11.2 Å². The number of halogens is 1. The molecule has 6 nitrogen and oxygen atoms in total. The van der Waals surface area contributed by atoms with Gasteiger partial charge in [-0.1, -0.05) is 23.7 Å². The Balaban J connectivity index is 1.54. The van der Waals surface area contributed by atoms with E-state index >= 15 is 0 Å². The Morgan fingerprint density at radius 1 is 1.28 bits per heavy atom. The summed E-state index contributed by atoms with van der Waals surface area (Å²) in [7, 11) is 0.